The molecule has 92 valence electrons. The fourth-order valence-electron chi connectivity index (χ4n) is 1.62. The maximum atomic E-state index is 11.6. The van der Waals surface area contributed by atoms with Gasteiger partial charge < -0.3 is 10.1 Å². The van der Waals surface area contributed by atoms with E-state index < -0.39 is 0 Å². The number of carbonyl (C=O) groups is 1. The van der Waals surface area contributed by atoms with E-state index in [0.717, 1.165) is 11.3 Å². The van der Waals surface area contributed by atoms with Gasteiger partial charge in [-0.25, -0.2) is 4.79 Å². The first-order valence-electron chi connectivity index (χ1n) is 5.69. The van der Waals surface area contributed by atoms with Crippen LogP contribution in [0.25, 0.3) is 0 Å². The maximum Gasteiger partial charge on any atom is 0.407 e. The number of rotatable bonds is 3. The maximum absolute atomic E-state index is 11.6. The number of ether oxygens (including phenoxy) is 1. The Morgan fingerprint density at radius 1 is 1.47 bits per heavy atom. The SMILES string of the molecule is CC1(C)SCC1NC(=O)OCc1ccccc1. The molecule has 1 aliphatic rings. The molecular formula is C13H17NO2S. The van der Waals surface area contributed by atoms with Gasteiger partial charge in [0.05, 0.1) is 6.04 Å². The van der Waals surface area contributed by atoms with Crippen molar-refractivity contribution >= 4 is 17.9 Å². The van der Waals surface area contributed by atoms with Gasteiger partial charge >= 0.3 is 6.09 Å². The van der Waals surface area contributed by atoms with E-state index in [2.05, 4.69) is 19.2 Å². The van der Waals surface area contributed by atoms with E-state index in [1.807, 2.05) is 42.1 Å². The first-order chi connectivity index (χ1) is 8.08. The quantitative estimate of drug-likeness (QED) is 0.897. The predicted octanol–water partition coefficient (Wildman–Crippen LogP) is 2.81. The van der Waals surface area contributed by atoms with Crippen LogP contribution >= 0.6 is 11.8 Å². The van der Waals surface area contributed by atoms with Crippen molar-refractivity contribution in [3.8, 4) is 0 Å². The monoisotopic (exact) mass is 251 g/mol. The lowest BCUT2D eigenvalue weighted by Crippen LogP contribution is -2.56. The molecule has 1 unspecified atom stereocenters. The van der Waals surface area contributed by atoms with Gasteiger partial charge in [0.15, 0.2) is 0 Å². The number of nitrogens with one attached hydrogen (secondary N) is 1. The van der Waals surface area contributed by atoms with Crippen LogP contribution in [0.5, 0.6) is 0 Å². The van der Waals surface area contributed by atoms with Crippen LogP contribution < -0.4 is 5.32 Å². The number of carbonyl (C=O) groups excluding carboxylic acids is 1. The van der Waals surface area contributed by atoms with Crippen molar-refractivity contribution < 1.29 is 9.53 Å². The van der Waals surface area contributed by atoms with Crippen LogP contribution in [0.1, 0.15) is 19.4 Å². The molecule has 1 aliphatic heterocycles. The number of benzene rings is 1. The number of amides is 1. The molecule has 4 heteroatoms. The van der Waals surface area contributed by atoms with Gasteiger partial charge in [-0.15, -0.1) is 0 Å². The Kier molecular flexibility index (Phi) is 3.62. The minimum absolute atomic E-state index is 0.131. The molecule has 3 nitrogen and oxygen atoms in total. The molecule has 1 fully saturated rings. The third-order valence-electron chi connectivity index (χ3n) is 2.97. The van der Waals surface area contributed by atoms with Crippen molar-refractivity contribution in [2.45, 2.75) is 31.2 Å². The highest BCUT2D eigenvalue weighted by Gasteiger charge is 2.40. The molecule has 0 bridgehead atoms. The van der Waals surface area contributed by atoms with Gasteiger partial charge in [-0.3, -0.25) is 0 Å². The standard InChI is InChI=1S/C13H17NO2S/c1-13(2)11(9-17-13)14-12(15)16-8-10-6-4-3-5-7-10/h3-7,11H,8-9H2,1-2H3,(H,14,15). The highest BCUT2D eigenvalue weighted by Crippen LogP contribution is 2.39. The van der Waals surface area contributed by atoms with Crippen molar-refractivity contribution in [1.82, 2.24) is 5.32 Å². The number of hydrogen-bond donors (Lipinski definition) is 1. The van der Waals surface area contributed by atoms with E-state index in [-0.39, 0.29) is 16.9 Å². The molecule has 2 rings (SSSR count). The van der Waals surface area contributed by atoms with E-state index in [4.69, 9.17) is 4.74 Å². The fraction of sp³-hybridized carbons (Fsp3) is 0.462. The second-order valence-electron chi connectivity index (χ2n) is 4.67. The van der Waals surface area contributed by atoms with Gasteiger partial charge in [0.1, 0.15) is 6.61 Å². The summed E-state index contributed by atoms with van der Waals surface area (Å²) < 4.78 is 5.30. The first-order valence-corrected chi connectivity index (χ1v) is 6.68. The smallest absolute Gasteiger partial charge is 0.407 e. The highest BCUT2D eigenvalue weighted by molar-refractivity contribution is 8.02. The Bertz CT molecular complexity index is 392. The lowest BCUT2D eigenvalue weighted by molar-refractivity contribution is 0.134. The van der Waals surface area contributed by atoms with Crippen LogP contribution in [0.2, 0.25) is 0 Å². The fourth-order valence-corrected chi connectivity index (χ4v) is 2.76. The van der Waals surface area contributed by atoms with Crippen LogP contribution in [-0.2, 0) is 11.3 Å². The molecular weight excluding hydrogens is 234 g/mol. The summed E-state index contributed by atoms with van der Waals surface area (Å²) in [5, 5.41) is 2.89. The normalized spacial score (nSPS) is 21.4. The summed E-state index contributed by atoms with van der Waals surface area (Å²) in [6.07, 6.45) is -0.327. The molecule has 0 spiro atoms. The Hall–Kier alpha value is -1.16. The first kappa shape index (κ1) is 12.3. The summed E-state index contributed by atoms with van der Waals surface area (Å²) in [6.45, 7) is 4.58. The van der Waals surface area contributed by atoms with Crippen molar-refractivity contribution in [2.75, 3.05) is 5.75 Å². The van der Waals surface area contributed by atoms with Gasteiger partial charge in [0.2, 0.25) is 0 Å². The Morgan fingerprint density at radius 3 is 2.71 bits per heavy atom. The van der Waals surface area contributed by atoms with E-state index in [0.29, 0.717) is 6.61 Å². The van der Waals surface area contributed by atoms with E-state index in [9.17, 15) is 4.79 Å². The Balaban J connectivity index is 1.75. The van der Waals surface area contributed by atoms with Gasteiger partial charge in [0, 0.05) is 10.5 Å². The molecule has 0 aliphatic carbocycles. The second-order valence-corrected chi connectivity index (χ2v) is 6.35. The number of hydrogen-bond acceptors (Lipinski definition) is 3. The molecule has 0 radical (unpaired) electrons. The van der Waals surface area contributed by atoms with Gasteiger partial charge in [-0.05, 0) is 19.4 Å². The van der Waals surface area contributed by atoms with Crippen molar-refractivity contribution in [3.05, 3.63) is 35.9 Å². The van der Waals surface area contributed by atoms with Crippen molar-refractivity contribution in [2.24, 2.45) is 0 Å². The molecule has 17 heavy (non-hydrogen) atoms. The summed E-state index contributed by atoms with van der Waals surface area (Å²) in [7, 11) is 0. The van der Waals surface area contributed by atoms with Crippen LogP contribution in [0.3, 0.4) is 0 Å². The molecule has 0 aromatic heterocycles. The van der Waals surface area contributed by atoms with Gasteiger partial charge in [-0.2, -0.15) is 11.8 Å². The van der Waals surface area contributed by atoms with Crippen LogP contribution in [0.15, 0.2) is 30.3 Å². The third-order valence-corrected chi connectivity index (χ3v) is 4.49. The van der Waals surface area contributed by atoms with E-state index in [1.165, 1.54) is 0 Å². The second kappa shape index (κ2) is 5.00. The molecule has 1 aromatic rings. The largest absolute Gasteiger partial charge is 0.445 e. The summed E-state index contributed by atoms with van der Waals surface area (Å²) in [5.74, 6) is 0.966. The van der Waals surface area contributed by atoms with Gasteiger partial charge in [0.25, 0.3) is 0 Å². The molecule has 1 saturated heterocycles. The summed E-state index contributed by atoms with van der Waals surface area (Å²) in [4.78, 5) is 11.6. The lowest BCUT2D eigenvalue weighted by Gasteiger charge is -2.43. The summed E-state index contributed by atoms with van der Waals surface area (Å²) >= 11 is 1.86. The molecule has 1 heterocycles. The summed E-state index contributed by atoms with van der Waals surface area (Å²) in [6, 6.07) is 9.91. The summed E-state index contributed by atoms with van der Waals surface area (Å²) in [5.41, 5.74) is 1.00. The minimum atomic E-state index is -0.327. The third kappa shape index (κ3) is 3.16. The highest BCUT2D eigenvalue weighted by atomic mass is 32.2. The van der Waals surface area contributed by atoms with Crippen LogP contribution in [-0.4, -0.2) is 22.6 Å². The molecule has 0 saturated carbocycles. The molecule has 1 amide bonds. The number of alkyl carbamates (subject to hydrolysis) is 1. The van der Waals surface area contributed by atoms with Crippen molar-refractivity contribution in [1.29, 1.82) is 0 Å². The van der Waals surface area contributed by atoms with Gasteiger partial charge in [-0.1, -0.05) is 30.3 Å². The predicted molar refractivity (Wildman–Crippen MR) is 70.1 cm³/mol. The van der Waals surface area contributed by atoms with E-state index >= 15 is 0 Å². The average Bonchev–Trinajstić information content (AvgIpc) is 2.33. The van der Waals surface area contributed by atoms with Crippen LogP contribution in [0, 0.1) is 0 Å². The van der Waals surface area contributed by atoms with Crippen LogP contribution in [0.4, 0.5) is 4.79 Å². The zero-order valence-corrected chi connectivity index (χ0v) is 10.9. The van der Waals surface area contributed by atoms with Crippen molar-refractivity contribution in [3.63, 3.8) is 0 Å². The molecule has 1 atom stereocenters. The minimum Gasteiger partial charge on any atom is -0.445 e. The number of thioether (sulfide) groups is 1. The van der Waals surface area contributed by atoms with E-state index in [1.54, 1.807) is 0 Å². The molecule has 1 aromatic carbocycles. The Labute approximate surface area is 106 Å². The zero-order chi connectivity index (χ0) is 12.3. The molecule has 1 N–H and O–H groups in total. The average molecular weight is 251 g/mol. The topological polar surface area (TPSA) is 38.3 Å². The Morgan fingerprint density at radius 2 is 2.18 bits per heavy atom. The lowest BCUT2D eigenvalue weighted by atomic mass is 10.0. The zero-order valence-electron chi connectivity index (χ0n) is 10.1.